The zero-order valence-electron chi connectivity index (χ0n) is 14.7. The maximum absolute atomic E-state index is 12.4. The summed E-state index contributed by atoms with van der Waals surface area (Å²) in [6, 6.07) is 16.6. The van der Waals surface area contributed by atoms with Crippen LogP contribution < -0.4 is 10.1 Å². The number of benzene rings is 2. The molecular formula is C21H18Cl2N2O2. The van der Waals surface area contributed by atoms with Gasteiger partial charge in [0.1, 0.15) is 5.75 Å². The molecule has 1 heterocycles. The van der Waals surface area contributed by atoms with Gasteiger partial charge in [0.05, 0.1) is 5.02 Å². The number of halogens is 2. The molecule has 1 atom stereocenters. The number of hydrogen-bond acceptors (Lipinski definition) is 3. The van der Waals surface area contributed by atoms with Gasteiger partial charge in [-0.05, 0) is 66.9 Å². The van der Waals surface area contributed by atoms with E-state index < -0.39 is 6.10 Å². The van der Waals surface area contributed by atoms with Gasteiger partial charge in [-0.15, -0.1) is 0 Å². The van der Waals surface area contributed by atoms with Crippen molar-refractivity contribution in [3.63, 3.8) is 0 Å². The largest absolute Gasteiger partial charge is 0.479 e. The third-order valence-corrected chi connectivity index (χ3v) is 4.48. The summed E-state index contributed by atoms with van der Waals surface area (Å²) in [4.78, 5) is 16.4. The molecule has 0 radical (unpaired) electrons. The van der Waals surface area contributed by atoms with Gasteiger partial charge in [-0.2, -0.15) is 0 Å². The van der Waals surface area contributed by atoms with E-state index >= 15 is 0 Å². The second kappa shape index (κ2) is 8.89. The summed E-state index contributed by atoms with van der Waals surface area (Å²) in [7, 11) is 0. The van der Waals surface area contributed by atoms with Crippen molar-refractivity contribution in [3.8, 4) is 5.75 Å². The number of nitrogens with one attached hydrogen (secondary N) is 1. The highest BCUT2D eigenvalue weighted by Crippen LogP contribution is 2.28. The van der Waals surface area contributed by atoms with Crippen LogP contribution >= 0.6 is 23.2 Å². The number of nitrogens with zero attached hydrogens (tertiary/aromatic N) is 1. The number of carbonyl (C=O) groups excluding carboxylic acids is 1. The van der Waals surface area contributed by atoms with E-state index in [1.165, 1.54) is 5.56 Å². The van der Waals surface area contributed by atoms with Crippen molar-refractivity contribution in [1.29, 1.82) is 0 Å². The molecule has 0 bridgehead atoms. The predicted octanol–water partition coefficient (Wildman–Crippen LogP) is 5.39. The van der Waals surface area contributed by atoms with Crippen LogP contribution in [-0.4, -0.2) is 17.0 Å². The quantitative estimate of drug-likeness (QED) is 0.603. The summed E-state index contributed by atoms with van der Waals surface area (Å²) in [6.45, 7) is 1.66. The molecule has 1 N–H and O–H groups in total. The molecule has 0 fully saturated rings. The molecular weight excluding hydrogens is 383 g/mol. The van der Waals surface area contributed by atoms with Gasteiger partial charge in [0.15, 0.2) is 6.10 Å². The Bertz CT molecular complexity index is 915. The van der Waals surface area contributed by atoms with E-state index in [-0.39, 0.29) is 5.91 Å². The average molecular weight is 401 g/mol. The van der Waals surface area contributed by atoms with Gasteiger partial charge < -0.3 is 10.1 Å². The number of carbonyl (C=O) groups is 1. The molecule has 4 nitrogen and oxygen atoms in total. The van der Waals surface area contributed by atoms with Crippen LogP contribution in [0.1, 0.15) is 18.1 Å². The maximum Gasteiger partial charge on any atom is 0.265 e. The summed E-state index contributed by atoms with van der Waals surface area (Å²) in [6.07, 6.45) is 3.65. The van der Waals surface area contributed by atoms with Gasteiger partial charge in [-0.3, -0.25) is 9.78 Å². The minimum absolute atomic E-state index is 0.261. The van der Waals surface area contributed by atoms with E-state index in [2.05, 4.69) is 10.3 Å². The van der Waals surface area contributed by atoms with E-state index in [0.29, 0.717) is 21.5 Å². The third kappa shape index (κ3) is 5.46. The second-order valence-corrected chi connectivity index (χ2v) is 6.90. The Hall–Kier alpha value is -2.56. The van der Waals surface area contributed by atoms with E-state index in [9.17, 15) is 4.79 Å². The third-order valence-electron chi connectivity index (χ3n) is 3.95. The first kappa shape index (κ1) is 19.2. The van der Waals surface area contributed by atoms with Crippen molar-refractivity contribution < 1.29 is 9.53 Å². The molecule has 138 valence electrons. The van der Waals surface area contributed by atoms with Crippen molar-refractivity contribution in [2.24, 2.45) is 0 Å². The van der Waals surface area contributed by atoms with Crippen LogP contribution in [-0.2, 0) is 11.2 Å². The number of rotatable bonds is 6. The van der Waals surface area contributed by atoms with Crippen molar-refractivity contribution in [3.05, 3.63) is 88.2 Å². The fourth-order valence-electron chi connectivity index (χ4n) is 2.50. The molecule has 3 rings (SSSR count). The lowest BCUT2D eigenvalue weighted by atomic mass is 10.1. The molecule has 0 spiro atoms. The molecule has 0 aliphatic rings. The molecule has 27 heavy (non-hydrogen) atoms. The Morgan fingerprint density at radius 1 is 1.04 bits per heavy atom. The van der Waals surface area contributed by atoms with Gasteiger partial charge in [0, 0.05) is 23.1 Å². The van der Waals surface area contributed by atoms with E-state index in [4.69, 9.17) is 27.9 Å². The number of pyridine rings is 1. The first-order valence-electron chi connectivity index (χ1n) is 8.41. The molecule has 1 amide bonds. The van der Waals surface area contributed by atoms with Gasteiger partial charge in [0.2, 0.25) is 0 Å². The molecule has 2 aromatic carbocycles. The number of amides is 1. The lowest BCUT2D eigenvalue weighted by molar-refractivity contribution is -0.122. The fourth-order valence-corrected chi connectivity index (χ4v) is 2.95. The van der Waals surface area contributed by atoms with Crippen LogP contribution in [0, 0.1) is 0 Å². The number of aromatic nitrogens is 1. The van der Waals surface area contributed by atoms with Crippen molar-refractivity contribution in [1.82, 2.24) is 4.98 Å². The van der Waals surface area contributed by atoms with E-state index in [1.807, 2.05) is 36.4 Å². The van der Waals surface area contributed by atoms with Crippen LogP contribution in [0.25, 0.3) is 0 Å². The Morgan fingerprint density at radius 3 is 2.37 bits per heavy atom. The Kier molecular flexibility index (Phi) is 6.32. The van der Waals surface area contributed by atoms with Crippen LogP contribution in [0.5, 0.6) is 5.75 Å². The summed E-state index contributed by atoms with van der Waals surface area (Å²) >= 11 is 11.9. The summed E-state index contributed by atoms with van der Waals surface area (Å²) < 4.78 is 5.63. The van der Waals surface area contributed by atoms with Gasteiger partial charge in [-0.1, -0.05) is 35.3 Å². The van der Waals surface area contributed by atoms with Gasteiger partial charge >= 0.3 is 0 Å². The first-order chi connectivity index (χ1) is 13.0. The van der Waals surface area contributed by atoms with Crippen molar-refractivity contribution in [2.75, 3.05) is 5.32 Å². The standard InChI is InChI=1S/C21H18Cl2N2O2/c1-14(27-20-7-4-17(22)13-19(20)23)21(26)25-18-5-2-15(3-6-18)12-16-8-10-24-11-9-16/h2-11,13-14H,12H2,1H3,(H,25,26). The highest BCUT2D eigenvalue weighted by Gasteiger charge is 2.16. The molecule has 1 unspecified atom stereocenters. The van der Waals surface area contributed by atoms with Gasteiger partial charge in [0.25, 0.3) is 5.91 Å². The first-order valence-corrected chi connectivity index (χ1v) is 9.17. The molecule has 0 aliphatic carbocycles. The zero-order valence-corrected chi connectivity index (χ0v) is 16.2. The Morgan fingerprint density at radius 2 is 1.70 bits per heavy atom. The van der Waals surface area contributed by atoms with Crippen LogP contribution in [0.2, 0.25) is 10.0 Å². The Labute approximate surface area is 168 Å². The number of ether oxygens (including phenoxy) is 1. The second-order valence-electron chi connectivity index (χ2n) is 6.05. The predicted molar refractivity (Wildman–Crippen MR) is 109 cm³/mol. The van der Waals surface area contributed by atoms with Crippen molar-refractivity contribution in [2.45, 2.75) is 19.4 Å². The lowest BCUT2D eigenvalue weighted by Crippen LogP contribution is -2.30. The van der Waals surface area contributed by atoms with Gasteiger partial charge in [-0.25, -0.2) is 0 Å². The number of anilines is 1. The number of hydrogen-bond donors (Lipinski definition) is 1. The normalized spacial score (nSPS) is 11.7. The minimum atomic E-state index is -0.708. The molecule has 3 aromatic rings. The van der Waals surface area contributed by atoms with Crippen LogP contribution in [0.15, 0.2) is 67.0 Å². The molecule has 6 heteroatoms. The smallest absolute Gasteiger partial charge is 0.265 e. The average Bonchev–Trinajstić information content (AvgIpc) is 2.66. The zero-order chi connectivity index (χ0) is 19.2. The molecule has 0 saturated carbocycles. The lowest BCUT2D eigenvalue weighted by Gasteiger charge is -2.16. The van der Waals surface area contributed by atoms with Crippen LogP contribution in [0.3, 0.4) is 0 Å². The monoisotopic (exact) mass is 400 g/mol. The summed E-state index contributed by atoms with van der Waals surface area (Å²) in [5.41, 5.74) is 3.04. The fraction of sp³-hybridized carbons (Fsp3) is 0.143. The Balaban J connectivity index is 1.58. The molecule has 0 aliphatic heterocycles. The highest BCUT2D eigenvalue weighted by atomic mass is 35.5. The maximum atomic E-state index is 12.4. The van der Waals surface area contributed by atoms with Crippen LogP contribution in [0.4, 0.5) is 5.69 Å². The van der Waals surface area contributed by atoms with E-state index in [0.717, 1.165) is 12.0 Å². The highest BCUT2D eigenvalue weighted by molar-refractivity contribution is 6.35. The minimum Gasteiger partial charge on any atom is -0.479 e. The molecule has 0 saturated heterocycles. The summed E-state index contributed by atoms with van der Waals surface area (Å²) in [5.74, 6) is 0.152. The van der Waals surface area contributed by atoms with Crippen molar-refractivity contribution >= 4 is 34.8 Å². The molecule has 1 aromatic heterocycles. The SMILES string of the molecule is CC(Oc1ccc(Cl)cc1Cl)C(=O)Nc1ccc(Cc2ccncc2)cc1. The topological polar surface area (TPSA) is 51.2 Å². The summed E-state index contributed by atoms with van der Waals surface area (Å²) in [5, 5.41) is 3.71. The van der Waals surface area contributed by atoms with E-state index in [1.54, 1.807) is 37.5 Å².